The lowest BCUT2D eigenvalue weighted by atomic mass is 9.90. The standard InChI is InChI=1S/C20H27ClN2O3S/c1-18(2,3)27(24)23-17(19(14-22)9-10-19)7-8-20(25-11-12-26-20)15-5-4-6-16(21)13-15/h4-6,13,17,23H,7-12H2,1-3H3/t17-,27?/m1/s1. The molecule has 0 aromatic heterocycles. The Balaban J connectivity index is 1.78. The Hall–Kier alpha value is -0.810. The van der Waals surface area contributed by atoms with Crippen molar-refractivity contribution in [3.8, 4) is 6.07 Å². The SMILES string of the molecule is CC(C)(C)[S+]([O-])N[C@H](CCC1(c2cccc(Cl)c2)OCCO1)C1(C#N)CC1. The molecule has 5 nitrogen and oxygen atoms in total. The lowest BCUT2D eigenvalue weighted by Gasteiger charge is -2.33. The van der Waals surface area contributed by atoms with E-state index in [-0.39, 0.29) is 6.04 Å². The van der Waals surface area contributed by atoms with Gasteiger partial charge in [0, 0.05) is 28.4 Å². The molecule has 2 atom stereocenters. The minimum Gasteiger partial charge on any atom is -0.598 e. The molecule has 3 rings (SSSR count). The van der Waals surface area contributed by atoms with Crippen molar-refractivity contribution in [2.24, 2.45) is 5.41 Å². The van der Waals surface area contributed by atoms with Gasteiger partial charge in [0.25, 0.3) is 0 Å². The van der Waals surface area contributed by atoms with Gasteiger partial charge in [0.1, 0.15) is 4.75 Å². The molecule has 1 aliphatic heterocycles. The van der Waals surface area contributed by atoms with E-state index >= 15 is 0 Å². The van der Waals surface area contributed by atoms with Crippen LogP contribution in [0.5, 0.6) is 0 Å². The van der Waals surface area contributed by atoms with Gasteiger partial charge in [-0.25, -0.2) is 0 Å². The molecule has 148 valence electrons. The molecule has 1 N–H and O–H groups in total. The summed E-state index contributed by atoms with van der Waals surface area (Å²) in [6.07, 6.45) is 2.85. The maximum absolute atomic E-state index is 12.7. The molecule has 27 heavy (non-hydrogen) atoms. The first-order valence-corrected chi connectivity index (χ1v) is 10.9. The number of hydrogen-bond donors (Lipinski definition) is 1. The van der Waals surface area contributed by atoms with E-state index in [0.29, 0.717) is 31.1 Å². The highest BCUT2D eigenvalue weighted by Gasteiger charge is 2.53. The predicted molar refractivity (Wildman–Crippen MR) is 106 cm³/mol. The van der Waals surface area contributed by atoms with E-state index in [0.717, 1.165) is 18.4 Å². The number of rotatable bonds is 7. The van der Waals surface area contributed by atoms with Crippen LogP contribution in [0.3, 0.4) is 0 Å². The average Bonchev–Trinajstić information content (AvgIpc) is 3.27. The minimum atomic E-state index is -1.24. The van der Waals surface area contributed by atoms with Crippen molar-refractivity contribution in [1.29, 1.82) is 5.26 Å². The Morgan fingerprint density at radius 2 is 2.00 bits per heavy atom. The van der Waals surface area contributed by atoms with E-state index in [1.54, 1.807) is 0 Å². The minimum absolute atomic E-state index is 0.175. The van der Waals surface area contributed by atoms with E-state index in [1.165, 1.54) is 0 Å². The summed E-state index contributed by atoms with van der Waals surface area (Å²) in [5, 5.41) is 10.3. The second kappa shape index (κ2) is 7.90. The molecule has 2 aliphatic rings. The Kier molecular flexibility index (Phi) is 6.12. The van der Waals surface area contributed by atoms with Crippen LogP contribution in [0.4, 0.5) is 0 Å². The summed E-state index contributed by atoms with van der Waals surface area (Å²) >= 11 is 4.92. The van der Waals surface area contributed by atoms with E-state index in [2.05, 4.69) is 10.8 Å². The number of halogens is 1. The van der Waals surface area contributed by atoms with Crippen LogP contribution in [0.2, 0.25) is 5.02 Å². The normalized spacial score (nSPS) is 22.8. The molecule has 1 saturated carbocycles. The fourth-order valence-corrected chi connectivity index (χ4v) is 4.54. The molecule has 0 radical (unpaired) electrons. The highest BCUT2D eigenvalue weighted by molar-refractivity contribution is 7.90. The van der Waals surface area contributed by atoms with Crippen LogP contribution in [-0.2, 0) is 26.6 Å². The number of benzene rings is 1. The number of nitrogens with zero attached hydrogens (tertiary/aromatic N) is 1. The van der Waals surface area contributed by atoms with E-state index in [4.69, 9.17) is 21.1 Å². The summed E-state index contributed by atoms with van der Waals surface area (Å²) in [6, 6.07) is 9.78. The number of nitriles is 1. The van der Waals surface area contributed by atoms with Gasteiger partial charge in [0.15, 0.2) is 5.79 Å². The molecule has 0 bridgehead atoms. The van der Waals surface area contributed by atoms with Crippen LogP contribution >= 0.6 is 11.6 Å². The highest BCUT2D eigenvalue weighted by atomic mass is 35.5. The number of ether oxygens (including phenoxy) is 2. The van der Waals surface area contributed by atoms with Crippen molar-refractivity contribution in [3.63, 3.8) is 0 Å². The summed E-state index contributed by atoms with van der Waals surface area (Å²) in [5.74, 6) is -0.862. The molecule has 1 saturated heterocycles. The van der Waals surface area contributed by atoms with Gasteiger partial charge in [-0.3, -0.25) is 0 Å². The largest absolute Gasteiger partial charge is 0.598 e. The fraction of sp³-hybridized carbons (Fsp3) is 0.650. The van der Waals surface area contributed by atoms with Gasteiger partial charge < -0.3 is 14.0 Å². The highest BCUT2D eigenvalue weighted by Crippen LogP contribution is 2.51. The Bertz CT molecular complexity index is 706. The molecule has 1 heterocycles. The predicted octanol–water partition coefficient (Wildman–Crippen LogP) is 4.04. The molecule has 0 spiro atoms. The first kappa shape index (κ1) is 20.9. The van der Waals surface area contributed by atoms with Crippen molar-refractivity contribution in [2.45, 2.75) is 63.0 Å². The summed E-state index contributed by atoms with van der Waals surface area (Å²) < 4.78 is 27.5. The summed E-state index contributed by atoms with van der Waals surface area (Å²) in [5.41, 5.74) is 0.430. The van der Waals surface area contributed by atoms with Crippen LogP contribution in [0.1, 0.15) is 52.0 Å². The molecule has 1 aromatic carbocycles. The zero-order chi connectivity index (χ0) is 19.7. The van der Waals surface area contributed by atoms with Crippen LogP contribution in [0.15, 0.2) is 24.3 Å². The molecule has 7 heteroatoms. The lowest BCUT2D eigenvalue weighted by Crippen LogP contribution is -2.48. The van der Waals surface area contributed by atoms with Crippen molar-refractivity contribution >= 4 is 23.0 Å². The molecule has 1 unspecified atom stereocenters. The van der Waals surface area contributed by atoms with Gasteiger partial charge in [-0.15, -0.1) is 4.72 Å². The fourth-order valence-electron chi connectivity index (χ4n) is 3.40. The number of hydrogen-bond acceptors (Lipinski definition) is 5. The third kappa shape index (κ3) is 4.61. The van der Waals surface area contributed by atoms with E-state index < -0.39 is 27.3 Å². The zero-order valence-electron chi connectivity index (χ0n) is 16.1. The third-order valence-corrected chi connectivity index (χ3v) is 7.11. The zero-order valence-corrected chi connectivity index (χ0v) is 17.7. The Morgan fingerprint density at radius 1 is 1.33 bits per heavy atom. The van der Waals surface area contributed by atoms with E-state index in [9.17, 15) is 9.81 Å². The third-order valence-electron chi connectivity index (χ3n) is 5.26. The van der Waals surface area contributed by atoms with Crippen molar-refractivity contribution < 1.29 is 14.0 Å². The van der Waals surface area contributed by atoms with Crippen LogP contribution < -0.4 is 4.72 Å². The Morgan fingerprint density at radius 3 is 2.52 bits per heavy atom. The van der Waals surface area contributed by atoms with Gasteiger partial charge in [-0.1, -0.05) is 23.7 Å². The van der Waals surface area contributed by atoms with Crippen LogP contribution in [0.25, 0.3) is 0 Å². The second-order valence-electron chi connectivity index (χ2n) is 8.32. The first-order valence-electron chi connectivity index (χ1n) is 9.34. The van der Waals surface area contributed by atoms with Crippen molar-refractivity contribution in [1.82, 2.24) is 4.72 Å². The first-order chi connectivity index (χ1) is 12.7. The second-order valence-corrected chi connectivity index (χ2v) is 10.8. The van der Waals surface area contributed by atoms with Crippen LogP contribution in [0, 0.1) is 16.7 Å². The van der Waals surface area contributed by atoms with Gasteiger partial charge in [0.05, 0.1) is 30.7 Å². The summed E-state index contributed by atoms with van der Waals surface area (Å²) in [4.78, 5) is 0. The summed E-state index contributed by atoms with van der Waals surface area (Å²) in [6.45, 7) is 6.81. The van der Waals surface area contributed by atoms with E-state index in [1.807, 2.05) is 45.0 Å². The smallest absolute Gasteiger partial charge is 0.195 e. The molecule has 1 aromatic rings. The molecule has 2 fully saturated rings. The van der Waals surface area contributed by atoms with Crippen molar-refractivity contribution in [2.75, 3.05) is 13.2 Å². The average molecular weight is 411 g/mol. The molecule has 1 aliphatic carbocycles. The Labute approximate surface area is 169 Å². The maximum Gasteiger partial charge on any atom is 0.195 e. The van der Waals surface area contributed by atoms with Gasteiger partial charge >= 0.3 is 0 Å². The lowest BCUT2D eigenvalue weighted by molar-refractivity contribution is -0.172. The van der Waals surface area contributed by atoms with Gasteiger partial charge in [0.2, 0.25) is 0 Å². The number of nitrogens with one attached hydrogen (secondary N) is 1. The molecular weight excluding hydrogens is 384 g/mol. The van der Waals surface area contributed by atoms with Gasteiger partial charge in [-0.05, 0) is 52.2 Å². The molecule has 0 amide bonds. The van der Waals surface area contributed by atoms with Gasteiger partial charge in [-0.2, -0.15) is 5.26 Å². The topological polar surface area (TPSA) is 77.3 Å². The quantitative estimate of drug-likeness (QED) is 0.686. The van der Waals surface area contributed by atoms with Crippen LogP contribution in [-0.4, -0.2) is 28.6 Å². The maximum atomic E-state index is 12.7. The van der Waals surface area contributed by atoms with Crippen molar-refractivity contribution in [3.05, 3.63) is 34.9 Å². The molecular formula is C20H27ClN2O3S. The monoisotopic (exact) mass is 410 g/mol. The summed E-state index contributed by atoms with van der Waals surface area (Å²) in [7, 11) is 0.